The predicted molar refractivity (Wildman–Crippen MR) is 106 cm³/mol. The second kappa shape index (κ2) is 6.57. The molecule has 0 amide bonds. The molecular weight excluding hydrogens is 378 g/mol. The highest BCUT2D eigenvalue weighted by molar-refractivity contribution is 7.90. The Labute approximate surface area is 161 Å². The van der Waals surface area contributed by atoms with Gasteiger partial charge >= 0.3 is 0 Å². The summed E-state index contributed by atoms with van der Waals surface area (Å²) in [5.74, 6) is 1.33. The molecule has 0 radical (unpaired) electrons. The second-order valence-electron chi connectivity index (χ2n) is 6.25. The fraction of sp³-hybridized carbons (Fsp3) is 0.111. The highest BCUT2D eigenvalue weighted by Gasteiger charge is 2.18. The quantitative estimate of drug-likeness (QED) is 0.538. The van der Waals surface area contributed by atoms with E-state index < -0.39 is 9.84 Å². The van der Waals surface area contributed by atoms with Crippen LogP contribution >= 0.6 is 0 Å². The Kier molecular flexibility index (Phi) is 4.19. The van der Waals surface area contributed by atoms with Gasteiger partial charge in [0, 0.05) is 24.2 Å². The maximum Gasteiger partial charge on any atom is 0.175 e. The van der Waals surface area contributed by atoms with Gasteiger partial charge in [0.05, 0.1) is 10.6 Å². The molecule has 28 heavy (non-hydrogen) atoms. The van der Waals surface area contributed by atoms with E-state index in [9.17, 15) is 8.42 Å². The summed E-state index contributed by atoms with van der Waals surface area (Å²) >= 11 is 0. The van der Waals surface area contributed by atoms with Crippen LogP contribution in [0.3, 0.4) is 0 Å². The zero-order valence-corrected chi connectivity index (χ0v) is 16.0. The lowest BCUT2D eigenvalue weighted by atomic mass is 10.2. The van der Waals surface area contributed by atoms with Crippen LogP contribution < -0.4 is 11.1 Å². The van der Waals surface area contributed by atoms with E-state index in [0.29, 0.717) is 40.2 Å². The predicted octanol–water partition coefficient (Wildman–Crippen LogP) is 2.22. The van der Waals surface area contributed by atoms with E-state index in [4.69, 9.17) is 5.73 Å². The van der Waals surface area contributed by atoms with Gasteiger partial charge in [-0.1, -0.05) is 6.07 Å². The van der Waals surface area contributed by atoms with Crippen molar-refractivity contribution in [3.8, 4) is 11.4 Å². The summed E-state index contributed by atoms with van der Waals surface area (Å²) in [6.07, 6.45) is 2.81. The minimum absolute atomic E-state index is 0.211. The number of nitrogens with two attached hydrogens (primary N) is 1. The molecule has 0 bridgehead atoms. The Bertz CT molecular complexity index is 1280. The minimum atomic E-state index is -3.33. The second-order valence-corrected chi connectivity index (χ2v) is 8.27. The van der Waals surface area contributed by atoms with E-state index in [0.717, 1.165) is 0 Å². The average molecular weight is 395 g/mol. The van der Waals surface area contributed by atoms with Crippen molar-refractivity contribution in [3.63, 3.8) is 0 Å². The Balaban J connectivity index is 1.88. The molecule has 0 spiro atoms. The Morgan fingerprint density at radius 3 is 2.64 bits per heavy atom. The van der Waals surface area contributed by atoms with E-state index in [2.05, 4.69) is 25.4 Å². The average Bonchev–Trinajstić information content (AvgIpc) is 2.98. The van der Waals surface area contributed by atoms with Gasteiger partial charge in [-0.2, -0.15) is 5.10 Å². The number of imidazole rings is 1. The molecule has 0 saturated carbocycles. The lowest BCUT2D eigenvalue weighted by molar-refractivity contribution is 0.602. The van der Waals surface area contributed by atoms with Crippen LogP contribution in [-0.2, 0) is 9.84 Å². The van der Waals surface area contributed by atoms with E-state index in [-0.39, 0.29) is 4.90 Å². The van der Waals surface area contributed by atoms with Gasteiger partial charge in [-0.05, 0) is 37.3 Å². The molecule has 142 valence electrons. The number of fused-ring (bicyclic) bond motifs is 1. The molecule has 4 aromatic rings. The summed E-state index contributed by atoms with van der Waals surface area (Å²) in [4.78, 5) is 13.3. The first-order valence-electron chi connectivity index (χ1n) is 8.34. The summed E-state index contributed by atoms with van der Waals surface area (Å²) < 4.78 is 25.3. The maximum atomic E-state index is 11.9. The van der Waals surface area contributed by atoms with E-state index >= 15 is 0 Å². The lowest BCUT2D eigenvalue weighted by Crippen LogP contribution is -2.02. The molecule has 0 atom stereocenters. The van der Waals surface area contributed by atoms with Crippen LogP contribution in [0.15, 0.2) is 53.6 Å². The molecule has 9 nitrogen and oxygen atoms in total. The number of aromatic nitrogens is 5. The first-order valence-corrected chi connectivity index (χ1v) is 10.2. The number of hydrogen-bond acceptors (Lipinski definition) is 8. The maximum absolute atomic E-state index is 11.9. The molecule has 0 saturated heterocycles. The fourth-order valence-corrected chi connectivity index (χ4v) is 3.53. The fourth-order valence-electron chi connectivity index (χ4n) is 2.86. The van der Waals surface area contributed by atoms with Gasteiger partial charge in [-0.15, -0.1) is 0 Å². The molecule has 3 N–H and O–H groups in total. The van der Waals surface area contributed by atoms with Crippen LogP contribution in [0.2, 0.25) is 0 Å². The van der Waals surface area contributed by atoms with Crippen molar-refractivity contribution in [3.05, 3.63) is 54.5 Å². The Hall–Kier alpha value is -3.53. The number of benzene rings is 1. The van der Waals surface area contributed by atoms with Gasteiger partial charge in [-0.3, -0.25) is 0 Å². The third kappa shape index (κ3) is 3.37. The summed E-state index contributed by atoms with van der Waals surface area (Å²) in [7, 11) is -3.33. The molecule has 3 heterocycles. The van der Waals surface area contributed by atoms with Gasteiger partial charge in [0.2, 0.25) is 0 Å². The molecule has 3 aromatic heterocycles. The van der Waals surface area contributed by atoms with Gasteiger partial charge in [-0.25, -0.2) is 27.9 Å². The molecule has 10 heteroatoms. The third-order valence-corrected chi connectivity index (χ3v) is 5.13. The highest BCUT2D eigenvalue weighted by atomic mass is 32.2. The van der Waals surface area contributed by atoms with Crippen molar-refractivity contribution < 1.29 is 8.42 Å². The Morgan fingerprint density at radius 1 is 1.07 bits per heavy atom. The molecule has 0 aliphatic carbocycles. The van der Waals surface area contributed by atoms with Crippen LogP contribution in [0.5, 0.6) is 0 Å². The number of anilines is 3. The zero-order chi connectivity index (χ0) is 19.9. The first kappa shape index (κ1) is 17.9. The molecule has 0 fully saturated rings. The summed E-state index contributed by atoms with van der Waals surface area (Å²) in [6.45, 7) is 1.75. The van der Waals surface area contributed by atoms with Gasteiger partial charge in [0.1, 0.15) is 17.3 Å². The van der Waals surface area contributed by atoms with Gasteiger partial charge in [0.15, 0.2) is 21.3 Å². The smallest absolute Gasteiger partial charge is 0.175 e. The summed E-state index contributed by atoms with van der Waals surface area (Å²) in [5.41, 5.74) is 8.22. The van der Waals surface area contributed by atoms with Crippen LogP contribution in [-0.4, -0.2) is 39.2 Å². The van der Waals surface area contributed by atoms with Crippen molar-refractivity contribution in [2.24, 2.45) is 0 Å². The van der Waals surface area contributed by atoms with E-state index in [1.165, 1.54) is 6.26 Å². The number of nitrogens with one attached hydrogen (secondary N) is 1. The van der Waals surface area contributed by atoms with Crippen LogP contribution in [0.4, 0.5) is 17.3 Å². The molecule has 1 aromatic carbocycles. The molecular formula is C18H17N7O2S. The normalized spacial score (nSPS) is 11.6. The monoisotopic (exact) mass is 395 g/mol. The molecule has 4 rings (SSSR count). The highest BCUT2D eigenvalue weighted by Crippen LogP contribution is 2.30. The van der Waals surface area contributed by atoms with Crippen LogP contribution in [0, 0.1) is 6.92 Å². The number of nitrogen functional groups attached to an aromatic ring is 1. The van der Waals surface area contributed by atoms with E-state index in [1.807, 2.05) is 6.07 Å². The number of sulfone groups is 1. The zero-order valence-electron chi connectivity index (χ0n) is 15.2. The number of rotatable bonds is 4. The number of nitrogens with zero attached hydrogens (tertiary/aromatic N) is 5. The largest absolute Gasteiger partial charge is 0.384 e. The summed E-state index contributed by atoms with van der Waals surface area (Å²) in [5, 5.41) is 7.53. The van der Waals surface area contributed by atoms with Crippen molar-refractivity contribution in [1.29, 1.82) is 0 Å². The van der Waals surface area contributed by atoms with Crippen molar-refractivity contribution >= 4 is 32.8 Å². The first-order chi connectivity index (χ1) is 13.3. The van der Waals surface area contributed by atoms with Crippen molar-refractivity contribution in [2.45, 2.75) is 11.8 Å². The topological polar surface area (TPSA) is 128 Å². The molecule has 0 unspecified atom stereocenters. The van der Waals surface area contributed by atoms with Crippen LogP contribution in [0.1, 0.15) is 5.82 Å². The van der Waals surface area contributed by atoms with Crippen molar-refractivity contribution in [1.82, 2.24) is 24.6 Å². The summed E-state index contributed by atoms with van der Waals surface area (Å²) in [6, 6.07) is 11.8. The van der Waals surface area contributed by atoms with Crippen molar-refractivity contribution in [2.75, 3.05) is 17.3 Å². The minimum Gasteiger partial charge on any atom is -0.384 e. The molecule has 0 aliphatic rings. The van der Waals surface area contributed by atoms with Gasteiger partial charge < -0.3 is 11.1 Å². The Morgan fingerprint density at radius 2 is 1.89 bits per heavy atom. The third-order valence-electron chi connectivity index (χ3n) is 4.02. The lowest BCUT2D eigenvalue weighted by Gasteiger charge is -2.09. The standard InChI is InChI=1S/C18H17N7O2S/c1-11-21-14(10-15(19)22-11)17-18(24-16-7-4-8-20-25(16)17)23-12-5-3-6-13(9-12)28(2,26)27/h3-10,23H,1-2H3,(H2,19,21,22). The van der Waals surface area contributed by atoms with Crippen LogP contribution in [0.25, 0.3) is 17.0 Å². The number of hydrogen-bond donors (Lipinski definition) is 2. The van der Waals surface area contributed by atoms with Gasteiger partial charge in [0.25, 0.3) is 0 Å². The number of aryl methyl sites for hydroxylation is 1. The van der Waals surface area contributed by atoms with E-state index in [1.54, 1.807) is 54.0 Å². The molecule has 0 aliphatic heterocycles. The SMILES string of the molecule is Cc1nc(N)cc(-c2c(Nc3cccc(S(C)(=O)=O)c3)nc3cccnn23)n1.